The van der Waals surface area contributed by atoms with Crippen LogP contribution in [-0.4, -0.2) is 22.6 Å². The Morgan fingerprint density at radius 3 is 2.78 bits per heavy atom. The SMILES string of the molecule is CCOc1ccc(C(=O)NC(=S)Nc2ccc(Br)cn2)cc1Cl. The van der Waals surface area contributed by atoms with Gasteiger partial charge in [0.25, 0.3) is 5.91 Å². The quantitative estimate of drug-likeness (QED) is 0.740. The summed E-state index contributed by atoms with van der Waals surface area (Å²) < 4.78 is 6.18. The molecule has 1 amide bonds. The van der Waals surface area contributed by atoms with E-state index in [0.29, 0.717) is 28.8 Å². The Hall–Kier alpha value is -1.70. The van der Waals surface area contributed by atoms with E-state index in [1.807, 2.05) is 13.0 Å². The van der Waals surface area contributed by atoms with Crippen molar-refractivity contribution in [3.05, 3.63) is 51.6 Å². The van der Waals surface area contributed by atoms with E-state index >= 15 is 0 Å². The Labute approximate surface area is 152 Å². The first kappa shape index (κ1) is 17.7. The number of hydrogen-bond donors (Lipinski definition) is 2. The van der Waals surface area contributed by atoms with Crippen LogP contribution in [-0.2, 0) is 0 Å². The van der Waals surface area contributed by atoms with E-state index in [4.69, 9.17) is 28.6 Å². The number of hydrogen-bond acceptors (Lipinski definition) is 4. The fraction of sp³-hybridized carbons (Fsp3) is 0.133. The molecule has 23 heavy (non-hydrogen) atoms. The van der Waals surface area contributed by atoms with Crippen LogP contribution in [0.3, 0.4) is 0 Å². The summed E-state index contributed by atoms with van der Waals surface area (Å²) in [6.45, 7) is 2.36. The van der Waals surface area contributed by atoms with Crippen molar-refractivity contribution in [3.8, 4) is 5.75 Å². The Balaban J connectivity index is 1.99. The van der Waals surface area contributed by atoms with Crippen LogP contribution in [0.5, 0.6) is 5.75 Å². The molecule has 1 aromatic carbocycles. The minimum atomic E-state index is -0.371. The van der Waals surface area contributed by atoms with E-state index in [0.717, 1.165) is 4.47 Å². The van der Waals surface area contributed by atoms with E-state index in [1.165, 1.54) is 6.07 Å². The fourth-order valence-electron chi connectivity index (χ4n) is 1.69. The van der Waals surface area contributed by atoms with Crippen LogP contribution in [0.2, 0.25) is 5.02 Å². The summed E-state index contributed by atoms with van der Waals surface area (Å²) >= 11 is 14.4. The molecule has 1 heterocycles. The molecule has 0 saturated carbocycles. The van der Waals surface area contributed by atoms with Gasteiger partial charge in [-0.2, -0.15) is 0 Å². The van der Waals surface area contributed by atoms with Crippen molar-refractivity contribution >= 4 is 56.6 Å². The van der Waals surface area contributed by atoms with Crippen LogP contribution in [0.15, 0.2) is 41.0 Å². The molecule has 0 atom stereocenters. The zero-order valence-electron chi connectivity index (χ0n) is 12.1. The number of halogens is 2. The van der Waals surface area contributed by atoms with E-state index in [9.17, 15) is 4.79 Å². The standard InChI is InChI=1S/C15H13BrClN3O2S/c1-2-22-12-5-3-9(7-11(12)17)14(21)20-15(23)19-13-6-4-10(16)8-18-13/h3-8H,2H2,1H3,(H2,18,19,20,21,23). The fourth-order valence-corrected chi connectivity index (χ4v) is 2.35. The summed E-state index contributed by atoms with van der Waals surface area (Å²) in [6.07, 6.45) is 1.62. The maximum absolute atomic E-state index is 12.2. The molecular weight excluding hydrogens is 402 g/mol. The number of carbonyl (C=O) groups excluding carboxylic acids is 1. The molecule has 0 fully saturated rings. The van der Waals surface area contributed by atoms with E-state index in [-0.39, 0.29) is 11.0 Å². The first-order valence-electron chi connectivity index (χ1n) is 6.66. The number of anilines is 1. The number of aromatic nitrogens is 1. The molecular formula is C15H13BrClN3O2S. The monoisotopic (exact) mass is 413 g/mol. The van der Waals surface area contributed by atoms with Crippen molar-refractivity contribution in [2.24, 2.45) is 0 Å². The predicted molar refractivity (Wildman–Crippen MR) is 98.2 cm³/mol. The molecule has 0 spiro atoms. The van der Waals surface area contributed by atoms with Crippen molar-refractivity contribution in [3.63, 3.8) is 0 Å². The number of amides is 1. The van der Waals surface area contributed by atoms with Gasteiger partial charge >= 0.3 is 0 Å². The number of rotatable bonds is 4. The lowest BCUT2D eigenvalue weighted by Crippen LogP contribution is -2.34. The summed E-state index contributed by atoms with van der Waals surface area (Å²) in [5, 5.41) is 5.91. The van der Waals surface area contributed by atoms with Crippen LogP contribution in [0.25, 0.3) is 0 Å². The maximum atomic E-state index is 12.2. The molecule has 0 radical (unpaired) electrons. The average Bonchev–Trinajstić information content (AvgIpc) is 2.51. The number of nitrogens with zero attached hydrogens (tertiary/aromatic N) is 1. The second-order valence-corrected chi connectivity index (χ2v) is 6.08. The molecule has 1 aromatic heterocycles. The van der Waals surface area contributed by atoms with E-state index in [1.54, 1.807) is 24.4 Å². The highest BCUT2D eigenvalue weighted by atomic mass is 79.9. The Kier molecular flexibility index (Phi) is 6.32. The lowest BCUT2D eigenvalue weighted by atomic mass is 10.2. The lowest BCUT2D eigenvalue weighted by molar-refractivity contribution is 0.0977. The summed E-state index contributed by atoms with van der Waals surface area (Å²) in [4.78, 5) is 16.3. The molecule has 0 aliphatic heterocycles. The Morgan fingerprint density at radius 1 is 1.39 bits per heavy atom. The van der Waals surface area contributed by atoms with Crippen LogP contribution in [0.4, 0.5) is 5.82 Å². The van der Waals surface area contributed by atoms with Gasteiger partial charge in [0.1, 0.15) is 11.6 Å². The molecule has 0 aliphatic rings. The second kappa shape index (κ2) is 8.24. The van der Waals surface area contributed by atoms with Gasteiger partial charge in [0.2, 0.25) is 0 Å². The number of pyridine rings is 1. The van der Waals surface area contributed by atoms with Gasteiger partial charge in [-0.1, -0.05) is 11.6 Å². The van der Waals surface area contributed by atoms with Gasteiger partial charge in [-0.15, -0.1) is 0 Å². The molecule has 5 nitrogen and oxygen atoms in total. The largest absolute Gasteiger partial charge is 0.492 e. The number of nitrogens with one attached hydrogen (secondary N) is 2. The lowest BCUT2D eigenvalue weighted by Gasteiger charge is -2.10. The minimum absolute atomic E-state index is 0.148. The smallest absolute Gasteiger partial charge is 0.257 e. The zero-order valence-corrected chi connectivity index (χ0v) is 15.3. The molecule has 2 N–H and O–H groups in total. The van der Waals surface area contributed by atoms with Crippen LogP contribution in [0.1, 0.15) is 17.3 Å². The maximum Gasteiger partial charge on any atom is 0.257 e. The van der Waals surface area contributed by atoms with Crippen molar-refractivity contribution in [2.45, 2.75) is 6.92 Å². The van der Waals surface area contributed by atoms with Crippen LogP contribution in [0, 0.1) is 0 Å². The molecule has 0 aliphatic carbocycles. The van der Waals surface area contributed by atoms with Gasteiger partial charge in [0.15, 0.2) is 5.11 Å². The third kappa shape index (κ3) is 5.16. The van der Waals surface area contributed by atoms with Crippen molar-refractivity contribution < 1.29 is 9.53 Å². The first-order chi connectivity index (χ1) is 11.0. The molecule has 0 unspecified atom stereocenters. The Morgan fingerprint density at radius 2 is 2.17 bits per heavy atom. The van der Waals surface area contributed by atoms with Gasteiger partial charge in [0, 0.05) is 16.2 Å². The molecule has 8 heteroatoms. The number of benzene rings is 1. The molecule has 120 valence electrons. The van der Waals surface area contributed by atoms with Gasteiger partial charge in [-0.05, 0) is 65.4 Å². The molecule has 0 saturated heterocycles. The molecule has 0 bridgehead atoms. The average molecular weight is 415 g/mol. The number of carbonyl (C=O) groups is 1. The highest BCUT2D eigenvalue weighted by Gasteiger charge is 2.11. The molecule has 2 rings (SSSR count). The Bertz CT molecular complexity index is 725. The molecule has 2 aromatic rings. The normalized spacial score (nSPS) is 10.0. The zero-order chi connectivity index (χ0) is 16.8. The van der Waals surface area contributed by atoms with Gasteiger partial charge in [-0.3, -0.25) is 10.1 Å². The summed E-state index contributed by atoms with van der Waals surface area (Å²) in [5.41, 5.74) is 0.381. The van der Waals surface area contributed by atoms with Crippen LogP contribution < -0.4 is 15.4 Å². The summed E-state index contributed by atoms with van der Waals surface area (Å²) in [7, 11) is 0. The second-order valence-electron chi connectivity index (χ2n) is 4.35. The predicted octanol–water partition coefficient (Wildman–Crippen LogP) is 4.02. The topological polar surface area (TPSA) is 63.2 Å². The summed E-state index contributed by atoms with van der Waals surface area (Å²) in [5.74, 6) is 0.693. The van der Waals surface area contributed by atoms with E-state index < -0.39 is 0 Å². The number of thiocarbonyl (C=S) groups is 1. The summed E-state index contributed by atoms with van der Waals surface area (Å²) in [6, 6.07) is 8.34. The minimum Gasteiger partial charge on any atom is -0.492 e. The van der Waals surface area contributed by atoms with E-state index in [2.05, 4.69) is 31.5 Å². The van der Waals surface area contributed by atoms with Gasteiger partial charge in [0.05, 0.1) is 11.6 Å². The third-order valence-corrected chi connectivity index (χ3v) is 3.66. The van der Waals surface area contributed by atoms with Gasteiger partial charge in [-0.25, -0.2) is 4.98 Å². The number of ether oxygens (including phenoxy) is 1. The van der Waals surface area contributed by atoms with Crippen LogP contribution >= 0.6 is 39.7 Å². The van der Waals surface area contributed by atoms with Crippen molar-refractivity contribution in [1.82, 2.24) is 10.3 Å². The third-order valence-electron chi connectivity index (χ3n) is 2.69. The highest BCUT2D eigenvalue weighted by Crippen LogP contribution is 2.25. The van der Waals surface area contributed by atoms with Gasteiger partial charge < -0.3 is 10.1 Å². The van der Waals surface area contributed by atoms with Crippen molar-refractivity contribution in [2.75, 3.05) is 11.9 Å². The first-order valence-corrected chi connectivity index (χ1v) is 8.23. The van der Waals surface area contributed by atoms with Crippen molar-refractivity contribution in [1.29, 1.82) is 0 Å². The highest BCUT2D eigenvalue weighted by molar-refractivity contribution is 9.10.